The summed E-state index contributed by atoms with van der Waals surface area (Å²) in [7, 11) is 0. The smallest absolute Gasteiger partial charge is 0.220 e. The molecule has 2 aliphatic rings. The molecule has 0 bridgehead atoms. The predicted octanol–water partition coefficient (Wildman–Crippen LogP) is 5.53. The van der Waals surface area contributed by atoms with Crippen molar-refractivity contribution in [2.75, 3.05) is 6.54 Å². The van der Waals surface area contributed by atoms with Crippen LogP contribution in [-0.2, 0) is 24.2 Å². The lowest BCUT2D eigenvalue weighted by Gasteiger charge is -2.14. The molecule has 1 heterocycles. The third-order valence-electron chi connectivity index (χ3n) is 6.50. The Labute approximate surface area is 188 Å². The normalized spacial score (nSPS) is 17.6. The Morgan fingerprint density at radius 2 is 1.68 bits per heavy atom. The van der Waals surface area contributed by atoms with Crippen molar-refractivity contribution < 1.29 is 4.79 Å². The van der Waals surface area contributed by atoms with Gasteiger partial charge in [-0.25, -0.2) is 0 Å². The largest absolute Gasteiger partial charge is 0.352 e. The quantitative estimate of drug-likeness (QED) is 0.539. The minimum Gasteiger partial charge on any atom is -0.352 e. The van der Waals surface area contributed by atoms with Gasteiger partial charge in [-0.15, -0.1) is 0 Å². The SMILES string of the molecule is O=C1CCC(CNCc2ccc(-c3cccc(-c4cccc5c4CCC5)c3Cl)cc2)N1. The highest BCUT2D eigenvalue weighted by Gasteiger charge is 2.20. The average Bonchev–Trinajstić information content (AvgIpc) is 3.43. The number of hydrogen-bond donors (Lipinski definition) is 2. The molecule has 0 aromatic heterocycles. The number of nitrogens with one attached hydrogen (secondary N) is 2. The fraction of sp³-hybridized carbons (Fsp3) is 0.296. The summed E-state index contributed by atoms with van der Waals surface area (Å²) in [6.07, 6.45) is 5.10. The molecule has 2 N–H and O–H groups in total. The second-order valence-electron chi connectivity index (χ2n) is 8.59. The van der Waals surface area contributed by atoms with E-state index < -0.39 is 0 Å². The van der Waals surface area contributed by atoms with E-state index in [4.69, 9.17) is 11.6 Å². The summed E-state index contributed by atoms with van der Waals surface area (Å²) >= 11 is 6.94. The van der Waals surface area contributed by atoms with Crippen LogP contribution < -0.4 is 10.6 Å². The summed E-state index contributed by atoms with van der Waals surface area (Å²) < 4.78 is 0. The first-order valence-corrected chi connectivity index (χ1v) is 11.6. The number of benzene rings is 3. The van der Waals surface area contributed by atoms with Gasteiger partial charge >= 0.3 is 0 Å². The monoisotopic (exact) mass is 430 g/mol. The van der Waals surface area contributed by atoms with Crippen LogP contribution in [0, 0.1) is 0 Å². The Morgan fingerprint density at radius 1 is 0.903 bits per heavy atom. The number of carbonyl (C=O) groups is 1. The molecule has 1 aliphatic heterocycles. The fourth-order valence-electron chi connectivity index (χ4n) is 4.86. The maximum Gasteiger partial charge on any atom is 0.220 e. The maximum absolute atomic E-state index is 11.3. The minimum absolute atomic E-state index is 0.163. The van der Waals surface area contributed by atoms with Crippen molar-refractivity contribution in [1.29, 1.82) is 0 Å². The van der Waals surface area contributed by atoms with Crippen LogP contribution in [0.1, 0.15) is 36.0 Å². The van der Waals surface area contributed by atoms with Gasteiger partial charge in [0.2, 0.25) is 5.91 Å². The summed E-state index contributed by atoms with van der Waals surface area (Å²) in [5.41, 5.74) is 8.76. The second-order valence-corrected chi connectivity index (χ2v) is 8.97. The van der Waals surface area contributed by atoms with Crippen molar-refractivity contribution in [1.82, 2.24) is 10.6 Å². The van der Waals surface area contributed by atoms with Gasteiger partial charge in [0.1, 0.15) is 0 Å². The van der Waals surface area contributed by atoms with Crippen LogP contribution in [0.15, 0.2) is 60.7 Å². The van der Waals surface area contributed by atoms with E-state index in [0.717, 1.165) is 47.6 Å². The van der Waals surface area contributed by atoms with Gasteiger partial charge in [-0.2, -0.15) is 0 Å². The van der Waals surface area contributed by atoms with E-state index in [1.165, 1.54) is 35.1 Å². The van der Waals surface area contributed by atoms with Crippen LogP contribution in [0.5, 0.6) is 0 Å². The van der Waals surface area contributed by atoms with Crippen LogP contribution in [0.4, 0.5) is 0 Å². The molecule has 1 aliphatic carbocycles. The molecule has 0 spiro atoms. The Kier molecular flexibility index (Phi) is 5.80. The van der Waals surface area contributed by atoms with Gasteiger partial charge in [-0.1, -0.05) is 72.3 Å². The lowest BCUT2D eigenvalue weighted by atomic mass is 9.94. The van der Waals surface area contributed by atoms with Crippen LogP contribution in [-0.4, -0.2) is 18.5 Å². The Bertz CT molecular complexity index is 1110. The standard InChI is InChI=1S/C27H27ClN2O/c28-27-23(7-3-9-25(27)24-8-2-5-19-4-1-6-22(19)24)20-12-10-18(11-13-20)16-29-17-21-14-15-26(31)30-21/h2-3,5,7-13,21,29H,1,4,6,14-17H2,(H,30,31). The predicted molar refractivity (Wildman–Crippen MR) is 127 cm³/mol. The molecule has 1 saturated heterocycles. The lowest BCUT2D eigenvalue weighted by Crippen LogP contribution is -2.35. The van der Waals surface area contributed by atoms with Gasteiger partial charge in [-0.3, -0.25) is 4.79 Å². The van der Waals surface area contributed by atoms with Crippen molar-refractivity contribution in [3.8, 4) is 22.3 Å². The van der Waals surface area contributed by atoms with Crippen molar-refractivity contribution in [3.63, 3.8) is 0 Å². The highest BCUT2D eigenvalue weighted by molar-refractivity contribution is 6.36. The van der Waals surface area contributed by atoms with Crippen LogP contribution in [0.2, 0.25) is 5.02 Å². The zero-order valence-electron chi connectivity index (χ0n) is 17.6. The molecular weight excluding hydrogens is 404 g/mol. The van der Waals surface area contributed by atoms with Crippen LogP contribution in [0.3, 0.4) is 0 Å². The van der Waals surface area contributed by atoms with Crippen molar-refractivity contribution in [2.24, 2.45) is 0 Å². The zero-order chi connectivity index (χ0) is 21.2. The van der Waals surface area contributed by atoms with Gasteiger partial charge in [0.25, 0.3) is 0 Å². The average molecular weight is 431 g/mol. The Morgan fingerprint density at radius 3 is 2.48 bits per heavy atom. The van der Waals surface area contributed by atoms with Crippen LogP contribution >= 0.6 is 11.6 Å². The van der Waals surface area contributed by atoms with Crippen molar-refractivity contribution >= 4 is 17.5 Å². The third-order valence-corrected chi connectivity index (χ3v) is 6.91. The van der Waals surface area contributed by atoms with E-state index in [0.29, 0.717) is 6.42 Å². The molecule has 0 radical (unpaired) electrons. The molecule has 1 atom stereocenters. The molecule has 3 aromatic rings. The number of amides is 1. The number of carbonyl (C=O) groups excluding carboxylic acids is 1. The summed E-state index contributed by atoms with van der Waals surface area (Å²) in [5, 5.41) is 7.27. The third kappa shape index (κ3) is 4.26. The summed E-state index contributed by atoms with van der Waals surface area (Å²) in [6.45, 7) is 1.60. The molecule has 3 nitrogen and oxygen atoms in total. The summed E-state index contributed by atoms with van der Waals surface area (Å²) in [4.78, 5) is 11.3. The van der Waals surface area contributed by atoms with Gasteiger partial charge in [-0.05, 0) is 53.5 Å². The molecule has 1 unspecified atom stereocenters. The Balaban J connectivity index is 1.32. The van der Waals surface area contributed by atoms with Crippen molar-refractivity contribution in [2.45, 2.75) is 44.7 Å². The molecule has 1 fully saturated rings. The van der Waals surface area contributed by atoms with E-state index in [-0.39, 0.29) is 11.9 Å². The Hall–Kier alpha value is -2.62. The molecule has 158 valence electrons. The molecule has 0 saturated carbocycles. The highest BCUT2D eigenvalue weighted by atomic mass is 35.5. The molecular formula is C27H27ClN2O. The van der Waals surface area contributed by atoms with Gasteiger partial charge in [0.05, 0.1) is 5.02 Å². The fourth-order valence-corrected chi connectivity index (χ4v) is 5.20. The first-order chi connectivity index (χ1) is 15.2. The minimum atomic E-state index is 0.163. The topological polar surface area (TPSA) is 41.1 Å². The van der Waals surface area contributed by atoms with Crippen LogP contribution in [0.25, 0.3) is 22.3 Å². The zero-order valence-corrected chi connectivity index (χ0v) is 18.3. The summed E-state index contributed by atoms with van der Waals surface area (Å²) in [6, 6.07) is 21.8. The molecule has 3 aromatic carbocycles. The summed E-state index contributed by atoms with van der Waals surface area (Å²) in [5.74, 6) is 0.163. The second kappa shape index (κ2) is 8.86. The molecule has 31 heavy (non-hydrogen) atoms. The molecule has 5 rings (SSSR count). The number of fused-ring (bicyclic) bond motifs is 1. The highest BCUT2D eigenvalue weighted by Crippen LogP contribution is 2.40. The van der Waals surface area contributed by atoms with Gasteiger partial charge < -0.3 is 10.6 Å². The number of halogens is 1. The van der Waals surface area contributed by atoms with Crippen molar-refractivity contribution in [3.05, 3.63) is 82.4 Å². The number of hydrogen-bond acceptors (Lipinski definition) is 2. The van der Waals surface area contributed by atoms with Gasteiger partial charge in [0, 0.05) is 36.7 Å². The molecule has 1 amide bonds. The number of aryl methyl sites for hydroxylation is 1. The first kappa shape index (κ1) is 20.3. The van der Waals surface area contributed by atoms with E-state index in [1.54, 1.807) is 0 Å². The van der Waals surface area contributed by atoms with E-state index in [9.17, 15) is 4.79 Å². The van der Waals surface area contributed by atoms with Gasteiger partial charge in [0.15, 0.2) is 0 Å². The number of rotatable bonds is 6. The maximum atomic E-state index is 11.3. The first-order valence-electron chi connectivity index (χ1n) is 11.2. The van der Waals surface area contributed by atoms with E-state index in [2.05, 4.69) is 71.3 Å². The lowest BCUT2D eigenvalue weighted by molar-refractivity contribution is -0.119. The van der Waals surface area contributed by atoms with E-state index >= 15 is 0 Å². The van der Waals surface area contributed by atoms with E-state index in [1.807, 2.05) is 0 Å². The molecule has 4 heteroatoms.